The molecule has 1 aliphatic rings. The molecule has 3 rings (SSSR count). The van der Waals surface area contributed by atoms with Crippen LogP contribution in [0.4, 0.5) is 5.69 Å². The van der Waals surface area contributed by atoms with Gasteiger partial charge in [0.2, 0.25) is 6.79 Å². The van der Waals surface area contributed by atoms with Crippen molar-refractivity contribution in [3.05, 3.63) is 57.1 Å². The molecule has 0 saturated carbocycles. The zero-order chi connectivity index (χ0) is 19.4. The summed E-state index contributed by atoms with van der Waals surface area (Å²) in [5.41, 5.74) is 4.30. The van der Waals surface area contributed by atoms with Gasteiger partial charge in [-0.25, -0.2) is 5.43 Å². The Kier molecular flexibility index (Phi) is 5.20. The molecule has 27 heavy (non-hydrogen) atoms. The second kappa shape index (κ2) is 7.73. The lowest BCUT2D eigenvalue weighted by Gasteiger charge is -2.07. The average molecular weight is 371 g/mol. The summed E-state index contributed by atoms with van der Waals surface area (Å²) in [6.45, 7) is 3.63. The SMILES string of the molecule is Cc1cc(C)cc(OCC(=O)N/N=C\c2cc3c(cc2[N+](=O)[O-])OCO3)c1. The van der Waals surface area contributed by atoms with E-state index in [1.165, 1.54) is 18.3 Å². The van der Waals surface area contributed by atoms with Gasteiger partial charge in [0.15, 0.2) is 18.1 Å². The molecule has 0 bridgehead atoms. The van der Waals surface area contributed by atoms with Crippen LogP contribution in [0.3, 0.4) is 0 Å². The van der Waals surface area contributed by atoms with Gasteiger partial charge in [-0.15, -0.1) is 0 Å². The van der Waals surface area contributed by atoms with Crippen molar-refractivity contribution in [2.75, 3.05) is 13.4 Å². The molecule has 0 unspecified atom stereocenters. The van der Waals surface area contributed by atoms with E-state index in [9.17, 15) is 14.9 Å². The summed E-state index contributed by atoms with van der Waals surface area (Å²) in [5, 5.41) is 14.9. The van der Waals surface area contributed by atoms with Crippen LogP contribution in [0.25, 0.3) is 0 Å². The maximum Gasteiger partial charge on any atom is 0.282 e. The molecule has 0 radical (unpaired) electrons. The van der Waals surface area contributed by atoms with Gasteiger partial charge in [0, 0.05) is 0 Å². The van der Waals surface area contributed by atoms with E-state index in [2.05, 4.69) is 10.5 Å². The van der Waals surface area contributed by atoms with Crippen molar-refractivity contribution in [3.63, 3.8) is 0 Å². The molecule has 2 aromatic rings. The number of nitro groups is 1. The number of hydrogen-bond donors (Lipinski definition) is 1. The number of fused-ring (bicyclic) bond motifs is 1. The van der Waals surface area contributed by atoms with Crippen LogP contribution in [0.1, 0.15) is 16.7 Å². The zero-order valence-electron chi connectivity index (χ0n) is 14.7. The van der Waals surface area contributed by atoms with Crippen molar-refractivity contribution < 1.29 is 23.9 Å². The molecule has 0 fully saturated rings. The van der Waals surface area contributed by atoms with E-state index >= 15 is 0 Å². The lowest BCUT2D eigenvalue weighted by atomic mass is 10.1. The van der Waals surface area contributed by atoms with Crippen molar-refractivity contribution in [1.82, 2.24) is 5.43 Å². The molecule has 0 spiro atoms. The number of aryl methyl sites for hydroxylation is 2. The van der Waals surface area contributed by atoms with Crippen molar-refractivity contribution in [2.45, 2.75) is 13.8 Å². The summed E-state index contributed by atoms with van der Waals surface area (Å²) in [6, 6.07) is 8.32. The first-order chi connectivity index (χ1) is 12.9. The molecule has 1 amide bonds. The van der Waals surface area contributed by atoms with Crippen LogP contribution in [-0.2, 0) is 4.79 Å². The molecule has 9 nitrogen and oxygen atoms in total. The predicted molar refractivity (Wildman–Crippen MR) is 96.4 cm³/mol. The number of carbonyl (C=O) groups excluding carboxylic acids is 1. The summed E-state index contributed by atoms with van der Waals surface area (Å²) in [5.74, 6) is 0.767. The summed E-state index contributed by atoms with van der Waals surface area (Å²) < 4.78 is 15.7. The van der Waals surface area contributed by atoms with E-state index in [-0.39, 0.29) is 24.7 Å². The van der Waals surface area contributed by atoms with Gasteiger partial charge in [-0.2, -0.15) is 5.10 Å². The number of rotatable bonds is 6. The fraction of sp³-hybridized carbons (Fsp3) is 0.222. The summed E-state index contributed by atoms with van der Waals surface area (Å²) >= 11 is 0. The number of benzene rings is 2. The Bertz CT molecular complexity index is 905. The Balaban J connectivity index is 1.61. The monoisotopic (exact) mass is 371 g/mol. The van der Waals surface area contributed by atoms with Crippen LogP contribution in [0.2, 0.25) is 0 Å². The maximum absolute atomic E-state index is 11.9. The standard InChI is InChI=1S/C18H17N3O6/c1-11-3-12(2)5-14(4-11)25-9-18(22)20-19-8-13-6-16-17(27-10-26-16)7-15(13)21(23)24/h3-8H,9-10H2,1-2H3,(H,20,22)/b19-8-. The van der Waals surface area contributed by atoms with Crippen LogP contribution >= 0.6 is 0 Å². The van der Waals surface area contributed by atoms with E-state index in [1.807, 2.05) is 32.0 Å². The molecule has 1 aliphatic heterocycles. The Morgan fingerprint density at radius 2 is 1.89 bits per heavy atom. The van der Waals surface area contributed by atoms with Gasteiger partial charge >= 0.3 is 0 Å². The molecule has 0 atom stereocenters. The van der Waals surface area contributed by atoms with Crippen molar-refractivity contribution >= 4 is 17.8 Å². The smallest absolute Gasteiger partial charge is 0.282 e. The fourth-order valence-electron chi connectivity index (χ4n) is 2.58. The molecule has 0 saturated heterocycles. The van der Waals surface area contributed by atoms with Crippen LogP contribution in [0, 0.1) is 24.0 Å². The number of nitrogens with one attached hydrogen (secondary N) is 1. The summed E-state index contributed by atoms with van der Waals surface area (Å²) in [4.78, 5) is 22.5. The molecule has 140 valence electrons. The number of nitro benzene ring substituents is 1. The second-order valence-electron chi connectivity index (χ2n) is 5.93. The minimum absolute atomic E-state index is 0.000404. The van der Waals surface area contributed by atoms with E-state index in [4.69, 9.17) is 14.2 Å². The van der Waals surface area contributed by atoms with Crippen LogP contribution in [0.5, 0.6) is 17.2 Å². The van der Waals surface area contributed by atoms with E-state index in [0.717, 1.165) is 11.1 Å². The van der Waals surface area contributed by atoms with Gasteiger partial charge in [0.1, 0.15) is 5.75 Å². The second-order valence-corrected chi connectivity index (χ2v) is 5.93. The number of carbonyl (C=O) groups is 1. The van der Waals surface area contributed by atoms with Gasteiger partial charge in [-0.1, -0.05) is 6.07 Å². The molecule has 2 aromatic carbocycles. The third-order valence-corrected chi connectivity index (χ3v) is 3.68. The highest BCUT2D eigenvalue weighted by molar-refractivity contribution is 5.88. The quantitative estimate of drug-likeness (QED) is 0.474. The highest BCUT2D eigenvalue weighted by Gasteiger charge is 2.22. The Morgan fingerprint density at radius 3 is 2.56 bits per heavy atom. The van der Waals surface area contributed by atoms with Crippen molar-refractivity contribution in [1.29, 1.82) is 0 Å². The molecule has 0 aromatic heterocycles. The molecule has 0 aliphatic carbocycles. The first-order valence-corrected chi connectivity index (χ1v) is 8.03. The third kappa shape index (κ3) is 4.51. The molecule has 1 N–H and O–H groups in total. The Morgan fingerprint density at radius 1 is 1.22 bits per heavy atom. The topological polar surface area (TPSA) is 112 Å². The maximum atomic E-state index is 11.9. The van der Waals surface area contributed by atoms with E-state index in [1.54, 1.807) is 0 Å². The largest absolute Gasteiger partial charge is 0.484 e. The van der Waals surface area contributed by atoms with Crippen LogP contribution < -0.4 is 19.6 Å². The van der Waals surface area contributed by atoms with Crippen molar-refractivity contribution in [3.8, 4) is 17.2 Å². The van der Waals surface area contributed by atoms with E-state index in [0.29, 0.717) is 17.2 Å². The minimum atomic E-state index is -0.561. The van der Waals surface area contributed by atoms with Crippen LogP contribution in [0.15, 0.2) is 35.4 Å². The lowest BCUT2D eigenvalue weighted by Crippen LogP contribution is -2.24. The molecule has 9 heteroatoms. The van der Waals surface area contributed by atoms with Gasteiger partial charge in [0.25, 0.3) is 11.6 Å². The third-order valence-electron chi connectivity index (χ3n) is 3.68. The first-order valence-electron chi connectivity index (χ1n) is 8.03. The zero-order valence-corrected chi connectivity index (χ0v) is 14.7. The molecular weight excluding hydrogens is 354 g/mol. The van der Waals surface area contributed by atoms with Gasteiger partial charge in [0.05, 0.1) is 22.8 Å². The number of amides is 1. The predicted octanol–water partition coefficient (Wildman–Crippen LogP) is 2.47. The first kappa shape index (κ1) is 18.2. The highest BCUT2D eigenvalue weighted by Crippen LogP contribution is 2.37. The van der Waals surface area contributed by atoms with Gasteiger partial charge in [-0.3, -0.25) is 14.9 Å². The van der Waals surface area contributed by atoms with Crippen LogP contribution in [-0.4, -0.2) is 30.4 Å². The van der Waals surface area contributed by atoms with E-state index < -0.39 is 10.8 Å². The minimum Gasteiger partial charge on any atom is -0.484 e. The lowest BCUT2D eigenvalue weighted by molar-refractivity contribution is -0.385. The molecule has 1 heterocycles. The number of hydrazone groups is 1. The van der Waals surface area contributed by atoms with Crippen molar-refractivity contribution in [2.24, 2.45) is 5.10 Å². The summed E-state index contributed by atoms with van der Waals surface area (Å²) in [7, 11) is 0. The number of hydrogen-bond acceptors (Lipinski definition) is 7. The normalized spacial score (nSPS) is 12.2. The van der Waals surface area contributed by atoms with Gasteiger partial charge < -0.3 is 14.2 Å². The molecular formula is C18H17N3O6. The van der Waals surface area contributed by atoms with Gasteiger partial charge in [-0.05, 0) is 43.2 Å². The number of nitrogens with zero attached hydrogens (tertiary/aromatic N) is 2. The fourth-order valence-corrected chi connectivity index (χ4v) is 2.58. The summed E-state index contributed by atoms with van der Waals surface area (Å²) in [6.07, 6.45) is 1.18. The average Bonchev–Trinajstić information content (AvgIpc) is 3.05. The Hall–Kier alpha value is -3.62. The number of ether oxygens (including phenoxy) is 3. The Labute approximate surface area is 154 Å². The highest BCUT2D eigenvalue weighted by atomic mass is 16.7.